The second kappa shape index (κ2) is 4.96. The summed E-state index contributed by atoms with van der Waals surface area (Å²) in [6, 6.07) is 16.7. The highest BCUT2D eigenvalue weighted by molar-refractivity contribution is 7.16. The Morgan fingerprint density at radius 2 is 1.63 bits per heavy atom. The fourth-order valence-electron chi connectivity index (χ4n) is 2.10. The summed E-state index contributed by atoms with van der Waals surface area (Å²) in [6.07, 6.45) is -0.866. The predicted octanol–water partition coefficient (Wildman–Crippen LogP) is 3.34. The molecule has 0 aliphatic rings. The molecule has 94 valence electrons. The molecule has 0 fully saturated rings. The van der Waals surface area contributed by atoms with Gasteiger partial charge in [0.25, 0.3) is 0 Å². The Morgan fingerprint density at radius 3 is 2.42 bits per heavy atom. The van der Waals surface area contributed by atoms with Gasteiger partial charge in [-0.05, 0) is 17.7 Å². The lowest BCUT2D eigenvalue weighted by atomic mass is 10.0. The number of benzene rings is 2. The van der Waals surface area contributed by atoms with Crippen LogP contribution in [0.4, 0.5) is 0 Å². The van der Waals surface area contributed by atoms with Crippen LogP contribution in [0.2, 0.25) is 0 Å². The first-order valence-corrected chi connectivity index (χ1v) is 6.89. The molecule has 1 N–H and O–H groups in total. The molecule has 3 aromatic rings. The van der Waals surface area contributed by atoms with Gasteiger partial charge in [-0.1, -0.05) is 42.5 Å². The van der Waals surface area contributed by atoms with E-state index in [0.717, 1.165) is 10.3 Å². The molecule has 0 amide bonds. The molecule has 2 aromatic carbocycles. The van der Waals surface area contributed by atoms with Gasteiger partial charge in [-0.15, -0.1) is 11.3 Å². The number of aliphatic hydroxyl groups excluding tert-OH is 1. The average Bonchev–Trinajstić information content (AvgIpc) is 2.48. The Kier molecular flexibility index (Phi) is 3.15. The molecule has 0 aliphatic carbocycles. The van der Waals surface area contributed by atoms with E-state index in [1.54, 1.807) is 11.4 Å². The molecule has 0 radical (unpaired) electrons. The molecule has 3 rings (SSSR count). The Balaban J connectivity index is 2.16. The van der Waals surface area contributed by atoms with E-state index >= 15 is 0 Å². The summed E-state index contributed by atoms with van der Waals surface area (Å²) < 4.78 is 0.941. The Bertz CT molecular complexity index is 762. The molecule has 0 unspecified atom stereocenters. The first-order valence-electron chi connectivity index (χ1n) is 6.01. The number of fused-ring (bicyclic) bond motifs is 1. The molecule has 19 heavy (non-hydrogen) atoms. The summed E-state index contributed by atoms with van der Waals surface area (Å²) in [5, 5.41) is 12.8. The maximum Gasteiger partial charge on any atom is 0.194 e. The fourth-order valence-corrected chi connectivity index (χ4v) is 3.03. The second-order valence-electron chi connectivity index (χ2n) is 4.33. The van der Waals surface area contributed by atoms with Crippen molar-refractivity contribution in [3.63, 3.8) is 0 Å². The van der Waals surface area contributed by atoms with Gasteiger partial charge in [-0.25, -0.2) is 0 Å². The van der Waals surface area contributed by atoms with Crippen LogP contribution in [0.3, 0.4) is 0 Å². The summed E-state index contributed by atoms with van der Waals surface area (Å²) in [4.78, 5) is 12.4. The van der Waals surface area contributed by atoms with E-state index in [9.17, 15) is 9.90 Å². The molecule has 0 bridgehead atoms. The Morgan fingerprint density at radius 1 is 0.947 bits per heavy atom. The molecule has 1 atom stereocenters. The summed E-state index contributed by atoms with van der Waals surface area (Å²) in [6.45, 7) is 0. The molecule has 1 aromatic heterocycles. The van der Waals surface area contributed by atoms with Crippen LogP contribution in [-0.4, -0.2) is 5.11 Å². The molecule has 1 heterocycles. The quantitative estimate of drug-likeness (QED) is 0.774. The predicted molar refractivity (Wildman–Crippen MR) is 78.6 cm³/mol. The van der Waals surface area contributed by atoms with Gasteiger partial charge in [0.15, 0.2) is 5.43 Å². The van der Waals surface area contributed by atoms with Gasteiger partial charge in [0, 0.05) is 21.0 Å². The van der Waals surface area contributed by atoms with Crippen molar-refractivity contribution >= 4 is 21.4 Å². The maximum atomic E-state index is 12.4. The highest BCUT2D eigenvalue weighted by atomic mass is 32.1. The van der Waals surface area contributed by atoms with E-state index in [1.165, 1.54) is 11.3 Å². The third-order valence-corrected chi connectivity index (χ3v) is 4.10. The van der Waals surface area contributed by atoms with Gasteiger partial charge < -0.3 is 5.11 Å². The Labute approximate surface area is 114 Å². The zero-order chi connectivity index (χ0) is 13.2. The maximum absolute atomic E-state index is 12.4. The van der Waals surface area contributed by atoms with Gasteiger partial charge in [0.2, 0.25) is 0 Å². The van der Waals surface area contributed by atoms with E-state index in [-0.39, 0.29) is 5.43 Å². The lowest BCUT2D eigenvalue weighted by Gasteiger charge is -2.10. The van der Waals surface area contributed by atoms with Crippen LogP contribution in [0.5, 0.6) is 0 Å². The molecule has 0 saturated carbocycles. The molecule has 0 saturated heterocycles. The van der Waals surface area contributed by atoms with Crippen LogP contribution in [0.1, 0.15) is 17.2 Å². The third-order valence-electron chi connectivity index (χ3n) is 3.12. The lowest BCUT2D eigenvalue weighted by molar-refractivity contribution is 0.220. The van der Waals surface area contributed by atoms with E-state index in [4.69, 9.17) is 0 Å². The minimum Gasteiger partial charge on any atom is -0.383 e. The van der Waals surface area contributed by atoms with Crippen LogP contribution in [0, 0.1) is 0 Å². The van der Waals surface area contributed by atoms with Crippen molar-refractivity contribution in [2.75, 3.05) is 0 Å². The number of hydrogen-bond acceptors (Lipinski definition) is 3. The molecular formula is C16H12O2S. The smallest absolute Gasteiger partial charge is 0.194 e. The lowest BCUT2D eigenvalue weighted by Crippen LogP contribution is -2.13. The largest absolute Gasteiger partial charge is 0.383 e. The van der Waals surface area contributed by atoms with Crippen LogP contribution in [0.15, 0.2) is 64.8 Å². The van der Waals surface area contributed by atoms with Crippen molar-refractivity contribution in [1.82, 2.24) is 0 Å². The number of rotatable bonds is 2. The van der Waals surface area contributed by atoms with Crippen LogP contribution in [0.25, 0.3) is 10.1 Å². The highest BCUT2D eigenvalue weighted by Crippen LogP contribution is 2.24. The van der Waals surface area contributed by atoms with Crippen molar-refractivity contribution in [3.8, 4) is 0 Å². The van der Waals surface area contributed by atoms with E-state index in [0.29, 0.717) is 10.9 Å². The van der Waals surface area contributed by atoms with Gasteiger partial charge in [0.1, 0.15) is 6.10 Å². The normalized spacial score (nSPS) is 12.5. The SMILES string of the molecule is O=c1c([C@H](O)c2ccccc2)csc2ccccc12. The van der Waals surface area contributed by atoms with Gasteiger partial charge in [0.05, 0.1) is 0 Å². The summed E-state index contributed by atoms with van der Waals surface area (Å²) in [7, 11) is 0. The highest BCUT2D eigenvalue weighted by Gasteiger charge is 2.15. The molecule has 0 aliphatic heterocycles. The standard InChI is InChI=1S/C16H12O2S/c17-15(11-6-2-1-3-7-11)13-10-19-14-9-5-4-8-12(14)16(13)18/h1-10,15,17H/t15-/m1/s1. The van der Waals surface area contributed by atoms with Crippen LogP contribution in [-0.2, 0) is 0 Å². The molecular weight excluding hydrogens is 256 g/mol. The third kappa shape index (κ3) is 2.18. The molecule has 3 heteroatoms. The van der Waals surface area contributed by atoms with Crippen LogP contribution < -0.4 is 5.43 Å². The first-order chi connectivity index (χ1) is 9.27. The van der Waals surface area contributed by atoms with Crippen LogP contribution >= 0.6 is 11.3 Å². The Hall–Kier alpha value is -1.97. The van der Waals surface area contributed by atoms with E-state index in [1.807, 2.05) is 48.5 Å². The minimum absolute atomic E-state index is 0.0919. The van der Waals surface area contributed by atoms with Crippen molar-refractivity contribution in [2.45, 2.75) is 6.10 Å². The van der Waals surface area contributed by atoms with Gasteiger partial charge in [-0.3, -0.25) is 4.79 Å². The van der Waals surface area contributed by atoms with Gasteiger partial charge >= 0.3 is 0 Å². The van der Waals surface area contributed by atoms with Gasteiger partial charge in [-0.2, -0.15) is 0 Å². The number of aliphatic hydroxyl groups is 1. The monoisotopic (exact) mass is 268 g/mol. The van der Waals surface area contributed by atoms with Crippen molar-refractivity contribution in [3.05, 3.63) is 81.3 Å². The van der Waals surface area contributed by atoms with E-state index < -0.39 is 6.10 Å². The zero-order valence-corrected chi connectivity index (χ0v) is 10.9. The topological polar surface area (TPSA) is 37.3 Å². The first kappa shape index (κ1) is 12.1. The summed E-state index contributed by atoms with van der Waals surface area (Å²) in [5.41, 5.74) is 1.09. The summed E-state index contributed by atoms with van der Waals surface area (Å²) >= 11 is 1.48. The van der Waals surface area contributed by atoms with E-state index in [2.05, 4.69) is 0 Å². The molecule has 2 nitrogen and oxygen atoms in total. The minimum atomic E-state index is -0.866. The van der Waals surface area contributed by atoms with Crippen molar-refractivity contribution in [2.24, 2.45) is 0 Å². The van der Waals surface area contributed by atoms with Crippen molar-refractivity contribution in [1.29, 1.82) is 0 Å². The second-order valence-corrected chi connectivity index (χ2v) is 5.24. The number of hydrogen-bond donors (Lipinski definition) is 1. The fraction of sp³-hybridized carbons (Fsp3) is 0.0625. The summed E-state index contributed by atoms with van der Waals surface area (Å²) in [5.74, 6) is 0. The van der Waals surface area contributed by atoms with Crippen molar-refractivity contribution < 1.29 is 5.11 Å². The average molecular weight is 268 g/mol. The zero-order valence-electron chi connectivity index (χ0n) is 10.1. The molecule has 0 spiro atoms.